The van der Waals surface area contributed by atoms with Crippen LogP contribution in [0.3, 0.4) is 0 Å². The van der Waals surface area contributed by atoms with Crippen LogP contribution in [0.25, 0.3) is 22.5 Å². The minimum absolute atomic E-state index is 0.0358. The van der Waals surface area contributed by atoms with Crippen LogP contribution < -0.4 is 10.6 Å². The molecule has 10 heteroatoms. The smallest absolute Gasteiger partial charge is 0.308 e. The van der Waals surface area contributed by atoms with E-state index in [9.17, 15) is 18.0 Å². The van der Waals surface area contributed by atoms with E-state index in [1.807, 2.05) is 0 Å². The van der Waals surface area contributed by atoms with E-state index < -0.39 is 17.7 Å². The zero-order valence-corrected chi connectivity index (χ0v) is 15.2. The molecule has 0 saturated heterocycles. The third kappa shape index (κ3) is 4.27. The van der Waals surface area contributed by atoms with E-state index in [0.717, 1.165) is 12.1 Å². The molecule has 150 valence electrons. The third-order valence-corrected chi connectivity index (χ3v) is 4.14. The van der Waals surface area contributed by atoms with Crippen LogP contribution in [0, 0.1) is 17.5 Å². The molecule has 0 aliphatic heterocycles. The number of carbonyl (C=O) groups excluding carboxylic acids is 1. The van der Waals surface area contributed by atoms with Crippen molar-refractivity contribution in [1.29, 1.82) is 0 Å². The van der Waals surface area contributed by atoms with Crippen LogP contribution in [0.15, 0.2) is 60.7 Å². The van der Waals surface area contributed by atoms with Crippen LogP contribution in [0.5, 0.6) is 0 Å². The van der Waals surface area contributed by atoms with Gasteiger partial charge >= 0.3 is 6.03 Å². The molecule has 0 spiro atoms. The van der Waals surface area contributed by atoms with Crippen molar-refractivity contribution in [2.75, 3.05) is 10.6 Å². The number of hydrogen-bond donors (Lipinski definition) is 3. The summed E-state index contributed by atoms with van der Waals surface area (Å²) in [4.78, 5) is 12.2. The molecule has 3 aromatic carbocycles. The number of amides is 2. The minimum atomic E-state index is -0.812. The molecule has 0 unspecified atom stereocenters. The molecule has 0 atom stereocenters. The molecule has 7 nitrogen and oxygen atoms in total. The van der Waals surface area contributed by atoms with E-state index in [4.69, 9.17) is 0 Å². The van der Waals surface area contributed by atoms with Crippen molar-refractivity contribution < 1.29 is 18.0 Å². The number of tetrazole rings is 1. The maximum absolute atomic E-state index is 13.3. The lowest BCUT2D eigenvalue weighted by Gasteiger charge is -2.12. The van der Waals surface area contributed by atoms with Gasteiger partial charge in [-0.15, -0.1) is 10.2 Å². The van der Waals surface area contributed by atoms with Gasteiger partial charge in [0, 0.05) is 23.0 Å². The molecular formula is C20H13F3N6O. The molecule has 0 saturated carbocycles. The molecule has 3 N–H and O–H groups in total. The number of nitrogens with zero attached hydrogens (tertiary/aromatic N) is 3. The van der Waals surface area contributed by atoms with E-state index >= 15 is 0 Å². The highest BCUT2D eigenvalue weighted by atomic mass is 19.1. The van der Waals surface area contributed by atoms with Crippen molar-refractivity contribution in [3.63, 3.8) is 0 Å². The first-order valence-corrected chi connectivity index (χ1v) is 8.66. The molecule has 0 bridgehead atoms. The highest BCUT2D eigenvalue weighted by molar-refractivity contribution is 6.00. The average Bonchev–Trinajstić information content (AvgIpc) is 3.22. The van der Waals surface area contributed by atoms with Gasteiger partial charge in [0.05, 0.1) is 0 Å². The number of aromatic nitrogens is 4. The highest BCUT2D eigenvalue weighted by Gasteiger charge is 2.14. The van der Waals surface area contributed by atoms with Gasteiger partial charge in [0.1, 0.15) is 17.5 Å². The summed E-state index contributed by atoms with van der Waals surface area (Å²) in [5, 5.41) is 18.8. The van der Waals surface area contributed by atoms with Gasteiger partial charge in [0.2, 0.25) is 5.82 Å². The van der Waals surface area contributed by atoms with Gasteiger partial charge in [-0.1, -0.05) is 18.2 Å². The van der Waals surface area contributed by atoms with Crippen molar-refractivity contribution in [3.8, 4) is 22.5 Å². The topological polar surface area (TPSA) is 95.6 Å². The maximum Gasteiger partial charge on any atom is 0.323 e. The minimum Gasteiger partial charge on any atom is -0.308 e. The van der Waals surface area contributed by atoms with Crippen molar-refractivity contribution in [2.24, 2.45) is 0 Å². The fraction of sp³-hybridized carbons (Fsp3) is 0. The number of anilines is 2. The van der Waals surface area contributed by atoms with Crippen LogP contribution in [0.1, 0.15) is 0 Å². The molecule has 1 aromatic heterocycles. The molecular weight excluding hydrogens is 397 g/mol. The quantitative estimate of drug-likeness (QED) is 0.458. The summed E-state index contributed by atoms with van der Waals surface area (Å²) in [7, 11) is 0. The Morgan fingerprint density at radius 3 is 2.13 bits per heavy atom. The van der Waals surface area contributed by atoms with E-state index in [-0.39, 0.29) is 17.3 Å². The van der Waals surface area contributed by atoms with E-state index in [2.05, 4.69) is 31.3 Å². The Kier molecular flexibility index (Phi) is 5.12. The second-order valence-corrected chi connectivity index (χ2v) is 6.24. The predicted molar refractivity (Wildman–Crippen MR) is 104 cm³/mol. The number of urea groups is 1. The van der Waals surface area contributed by atoms with Gasteiger partial charge in [-0.25, -0.2) is 18.0 Å². The molecule has 1 heterocycles. The van der Waals surface area contributed by atoms with Crippen molar-refractivity contribution in [2.45, 2.75) is 0 Å². The normalized spacial score (nSPS) is 10.6. The van der Waals surface area contributed by atoms with Gasteiger partial charge in [-0.05, 0) is 52.7 Å². The van der Waals surface area contributed by atoms with Crippen LogP contribution in [-0.4, -0.2) is 26.7 Å². The number of rotatable bonds is 4. The van der Waals surface area contributed by atoms with Gasteiger partial charge < -0.3 is 10.6 Å². The van der Waals surface area contributed by atoms with Gasteiger partial charge in [0.15, 0.2) is 0 Å². The standard InChI is InChI=1S/C20H13F3N6O/c21-12-3-1-11(2-4-12)17-6-5-15(10-18(17)19-26-28-29-27-19)24-20(30)25-16-8-13(22)7-14(23)9-16/h1-10H,(H2,24,25,30)(H,26,27,28,29). The fourth-order valence-corrected chi connectivity index (χ4v) is 2.88. The van der Waals surface area contributed by atoms with E-state index in [0.29, 0.717) is 28.4 Å². The SMILES string of the molecule is O=C(Nc1cc(F)cc(F)c1)Nc1ccc(-c2ccc(F)cc2)c(-c2nn[nH]n2)c1. The maximum atomic E-state index is 13.3. The molecule has 4 rings (SSSR count). The Bertz CT molecular complexity index is 1180. The molecule has 0 aliphatic carbocycles. The second-order valence-electron chi connectivity index (χ2n) is 6.24. The molecule has 30 heavy (non-hydrogen) atoms. The summed E-state index contributed by atoms with van der Waals surface area (Å²) < 4.78 is 39.8. The molecule has 0 radical (unpaired) electrons. The zero-order valence-electron chi connectivity index (χ0n) is 15.2. The summed E-state index contributed by atoms with van der Waals surface area (Å²) in [6, 6.07) is 12.8. The Balaban J connectivity index is 1.62. The molecule has 4 aromatic rings. The van der Waals surface area contributed by atoms with Crippen LogP contribution in [0.4, 0.5) is 29.3 Å². The van der Waals surface area contributed by atoms with Gasteiger partial charge in [-0.3, -0.25) is 0 Å². The highest BCUT2D eigenvalue weighted by Crippen LogP contribution is 2.32. The number of halogens is 3. The number of hydrogen-bond acceptors (Lipinski definition) is 4. The molecule has 0 fully saturated rings. The third-order valence-electron chi connectivity index (χ3n) is 4.14. The zero-order chi connectivity index (χ0) is 21.1. The van der Waals surface area contributed by atoms with Crippen LogP contribution >= 0.6 is 0 Å². The average molecular weight is 410 g/mol. The van der Waals surface area contributed by atoms with Gasteiger partial charge in [0.25, 0.3) is 0 Å². The lowest BCUT2D eigenvalue weighted by Crippen LogP contribution is -2.19. The first-order chi connectivity index (χ1) is 14.5. The van der Waals surface area contributed by atoms with Gasteiger partial charge in [-0.2, -0.15) is 5.21 Å². The first-order valence-electron chi connectivity index (χ1n) is 8.66. The summed E-state index contributed by atoms with van der Waals surface area (Å²) >= 11 is 0. The summed E-state index contributed by atoms with van der Waals surface area (Å²) in [5.74, 6) is -1.73. The summed E-state index contributed by atoms with van der Waals surface area (Å²) in [6.45, 7) is 0. The largest absolute Gasteiger partial charge is 0.323 e. The summed E-state index contributed by atoms with van der Waals surface area (Å²) in [6.07, 6.45) is 0. The number of benzene rings is 3. The van der Waals surface area contributed by atoms with E-state index in [1.54, 1.807) is 30.3 Å². The van der Waals surface area contributed by atoms with Crippen molar-refractivity contribution in [1.82, 2.24) is 20.6 Å². The lowest BCUT2D eigenvalue weighted by molar-refractivity contribution is 0.262. The molecule has 2 amide bonds. The Labute approximate surface area is 167 Å². The fourth-order valence-electron chi connectivity index (χ4n) is 2.88. The number of H-pyrrole nitrogens is 1. The predicted octanol–water partition coefficient (Wildman–Crippen LogP) is 4.60. The van der Waals surface area contributed by atoms with Crippen molar-refractivity contribution >= 4 is 17.4 Å². The number of nitrogens with one attached hydrogen (secondary N) is 3. The summed E-state index contributed by atoms with van der Waals surface area (Å²) in [5.41, 5.74) is 2.27. The lowest BCUT2D eigenvalue weighted by atomic mass is 9.98. The first kappa shape index (κ1) is 19.1. The van der Waals surface area contributed by atoms with Crippen molar-refractivity contribution in [3.05, 3.63) is 78.1 Å². The number of aromatic amines is 1. The van der Waals surface area contributed by atoms with Crippen LogP contribution in [-0.2, 0) is 0 Å². The monoisotopic (exact) mass is 410 g/mol. The van der Waals surface area contributed by atoms with E-state index in [1.165, 1.54) is 12.1 Å². The molecule has 0 aliphatic rings. The second kappa shape index (κ2) is 8.03. The Morgan fingerprint density at radius 1 is 0.767 bits per heavy atom. The number of carbonyl (C=O) groups is 1. The Hall–Kier alpha value is -4.21. The van der Waals surface area contributed by atoms with Crippen LogP contribution in [0.2, 0.25) is 0 Å². The Morgan fingerprint density at radius 2 is 1.47 bits per heavy atom.